The van der Waals surface area contributed by atoms with Gasteiger partial charge in [0.2, 0.25) is 5.91 Å². The van der Waals surface area contributed by atoms with Crippen molar-refractivity contribution in [2.24, 2.45) is 5.41 Å². The number of carbonyl (C=O) groups is 2. The molecular weight excluding hydrogens is 266 g/mol. The Hall–Kier alpha value is -1.06. The average Bonchev–Trinajstić information content (AvgIpc) is 2.39. The van der Waals surface area contributed by atoms with Crippen LogP contribution in [0.1, 0.15) is 88.0 Å². The maximum atomic E-state index is 11.6. The molecule has 0 aromatic heterocycles. The molecule has 2 N–H and O–H groups in total. The summed E-state index contributed by atoms with van der Waals surface area (Å²) in [6.45, 7) is 18.4. The average molecular weight is 303 g/mol. The first-order valence-electron chi connectivity index (χ1n) is 8.11. The Morgan fingerprint density at radius 3 is 1.71 bits per heavy atom. The fourth-order valence-corrected chi connectivity index (χ4v) is 2.03. The molecule has 4 heteroatoms. The van der Waals surface area contributed by atoms with Gasteiger partial charge < -0.3 is 10.4 Å². The monoisotopic (exact) mass is 303 g/mol. The van der Waals surface area contributed by atoms with Gasteiger partial charge in [-0.05, 0) is 25.7 Å². The van der Waals surface area contributed by atoms with E-state index in [1.165, 1.54) is 0 Å². The van der Waals surface area contributed by atoms with Crippen LogP contribution in [0.4, 0.5) is 0 Å². The predicted octanol–water partition coefficient (Wildman–Crippen LogP) is 4.62. The zero-order chi connectivity index (χ0) is 17.7. The molecule has 0 aromatic carbocycles. The number of amides is 1. The van der Waals surface area contributed by atoms with Crippen molar-refractivity contribution in [2.45, 2.75) is 93.5 Å². The number of nitrogens with one attached hydrogen (secondary N) is 1. The van der Waals surface area contributed by atoms with Crippen molar-refractivity contribution in [3.8, 4) is 0 Å². The SMILES string of the molecule is CC.CC.CCC(C)(C)CC(C)(C)NC(=O)CCC(=O)O. The van der Waals surface area contributed by atoms with E-state index < -0.39 is 5.97 Å². The standard InChI is InChI=1S/C13H25NO3.2C2H6/c1-6-12(2,3)9-13(4,5)14-10(15)7-8-11(16)17;2*1-2/h6-9H2,1-5H3,(H,14,15)(H,16,17);2*1-2H3. The highest BCUT2D eigenvalue weighted by molar-refractivity contribution is 5.81. The second kappa shape index (κ2) is 12.7. The summed E-state index contributed by atoms with van der Waals surface area (Å²) in [7, 11) is 0. The van der Waals surface area contributed by atoms with Crippen molar-refractivity contribution in [1.29, 1.82) is 0 Å². The summed E-state index contributed by atoms with van der Waals surface area (Å²) in [5.41, 5.74) is -0.126. The minimum atomic E-state index is -0.938. The van der Waals surface area contributed by atoms with E-state index in [1.807, 2.05) is 41.5 Å². The van der Waals surface area contributed by atoms with Crippen molar-refractivity contribution in [2.75, 3.05) is 0 Å². The molecule has 0 unspecified atom stereocenters. The van der Waals surface area contributed by atoms with E-state index in [9.17, 15) is 9.59 Å². The quantitative estimate of drug-likeness (QED) is 0.721. The van der Waals surface area contributed by atoms with E-state index in [1.54, 1.807) is 0 Å². The first-order valence-corrected chi connectivity index (χ1v) is 8.11. The molecule has 0 saturated carbocycles. The molecule has 21 heavy (non-hydrogen) atoms. The number of hydrogen-bond donors (Lipinski definition) is 2. The van der Waals surface area contributed by atoms with Gasteiger partial charge in [-0.25, -0.2) is 0 Å². The van der Waals surface area contributed by atoms with Crippen LogP contribution in [0.3, 0.4) is 0 Å². The zero-order valence-electron chi connectivity index (χ0n) is 15.6. The number of rotatable bonds is 7. The lowest BCUT2D eigenvalue weighted by Gasteiger charge is -2.35. The Balaban J connectivity index is -0.000000739. The van der Waals surface area contributed by atoms with Crippen LogP contribution in [-0.4, -0.2) is 22.5 Å². The van der Waals surface area contributed by atoms with E-state index in [4.69, 9.17) is 5.11 Å². The highest BCUT2D eigenvalue weighted by Gasteiger charge is 2.28. The van der Waals surface area contributed by atoms with E-state index in [-0.39, 0.29) is 29.7 Å². The smallest absolute Gasteiger partial charge is 0.303 e. The molecule has 0 aliphatic rings. The largest absolute Gasteiger partial charge is 0.481 e. The first kappa shape index (κ1) is 24.9. The normalized spacial score (nSPS) is 10.5. The third-order valence-corrected chi connectivity index (χ3v) is 2.92. The maximum absolute atomic E-state index is 11.6. The van der Waals surface area contributed by atoms with Gasteiger partial charge in [0.25, 0.3) is 0 Å². The molecule has 0 rings (SSSR count). The third kappa shape index (κ3) is 16.9. The Labute approximate surface area is 131 Å². The van der Waals surface area contributed by atoms with Gasteiger partial charge in [-0.3, -0.25) is 9.59 Å². The van der Waals surface area contributed by atoms with Gasteiger partial charge in [0, 0.05) is 12.0 Å². The Bertz CT molecular complexity index is 284. The summed E-state index contributed by atoms with van der Waals surface area (Å²) in [6.07, 6.45) is 1.85. The third-order valence-electron chi connectivity index (χ3n) is 2.92. The van der Waals surface area contributed by atoms with Crippen LogP contribution in [0.5, 0.6) is 0 Å². The van der Waals surface area contributed by atoms with Crippen molar-refractivity contribution in [1.82, 2.24) is 5.32 Å². The van der Waals surface area contributed by atoms with Crippen LogP contribution in [0, 0.1) is 5.41 Å². The highest BCUT2D eigenvalue weighted by atomic mass is 16.4. The Kier molecular flexibility index (Phi) is 15.0. The lowest BCUT2D eigenvalue weighted by Crippen LogP contribution is -2.46. The topological polar surface area (TPSA) is 66.4 Å². The minimum Gasteiger partial charge on any atom is -0.481 e. The second-order valence-corrected chi connectivity index (χ2v) is 6.02. The van der Waals surface area contributed by atoms with Crippen molar-refractivity contribution < 1.29 is 14.7 Å². The van der Waals surface area contributed by atoms with Crippen LogP contribution in [0.15, 0.2) is 0 Å². The van der Waals surface area contributed by atoms with Gasteiger partial charge in [-0.15, -0.1) is 0 Å². The molecule has 0 saturated heterocycles. The zero-order valence-corrected chi connectivity index (χ0v) is 15.6. The van der Waals surface area contributed by atoms with Gasteiger partial charge in [0.15, 0.2) is 0 Å². The van der Waals surface area contributed by atoms with Gasteiger partial charge in [0.1, 0.15) is 0 Å². The number of hydrogen-bond acceptors (Lipinski definition) is 2. The van der Waals surface area contributed by atoms with Crippen LogP contribution in [-0.2, 0) is 9.59 Å². The van der Waals surface area contributed by atoms with Crippen LogP contribution < -0.4 is 5.32 Å². The number of aliphatic carboxylic acids is 1. The second-order valence-electron chi connectivity index (χ2n) is 6.02. The van der Waals surface area contributed by atoms with Gasteiger partial charge >= 0.3 is 5.97 Å². The summed E-state index contributed by atoms with van der Waals surface area (Å²) in [5, 5.41) is 11.4. The number of carbonyl (C=O) groups excluding carboxylic acids is 1. The molecular formula is C17H37NO3. The summed E-state index contributed by atoms with van der Waals surface area (Å²) < 4.78 is 0. The Morgan fingerprint density at radius 1 is 0.952 bits per heavy atom. The van der Waals surface area contributed by atoms with Gasteiger partial charge in [-0.1, -0.05) is 54.9 Å². The van der Waals surface area contributed by atoms with Crippen molar-refractivity contribution in [3.63, 3.8) is 0 Å². The fraction of sp³-hybridized carbons (Fsp3) is 0.882. The van der Waals surface area contributed by atoms with Gasteiger partial charge in [-0.2, -0.15) is 0 Å². The van der Waals surface area contributed by atoms with Crippen LogP contribution in [0.2, 0.25) is 0 Å². The van der Waals surface area contributed by atoms with Crippen LogP contribution in [0.25, 0.3) is 0 Å². The summed E-state index contributed by atoms with van der Waals surface area (Å²) in [6, 6.07) is 0. The summed E-state index contributed by atoms with van der Waals surface area (Å²) in [4.78, 5) is 21.9. The number of carboxylic acid groups (broad SMARTS) is 1. The van der Waals surface area contributed by atoms with Crippen LogP contribution >= 0.6 is 0 Å². The summed E-state index contributed by atoms with van der Waals surface area (Å²) in [5.74, 6) is -1.13. The molecule has 0 aromatic rings. The van der Waals surface area contributed by atoms with E-state index in [0.717, 1.165) is 12.8 Å². The molecule has 128 valence electrons. The van der Waals surface area contributed by atoms with Crippen molar-refractivity contribution in [3.05, 3.63) is 0 Å². The lowest BCUT2D eigenvalue weighted by atomic mass is 9.78. The first-order chi connectivity index (χ1) is 9.58. The number of carboxylic acids is 1. The molecule has 0 bridgehead atoms. The molecule has 0 atom stereocenters. The van der Waals surface area contributed by atoms with E-state index >= 15 is 0 Å². The highest BCUT2D eigenvalue weighted by Crippen LogP contribution is 2.30. The molecule has 1 amide bonds. The molecule has 4 nitrogen and oxygen atoms in total. The maximum Gasteiger partial charge on any atom is 0.303 e. The molecule has 0 spiro atoms. The lowest BCUT2D eigenvalue weighted by molar-refractivity contribution is -0.139. The molecule has 0 radical (unpaired) electrons. The summed E-state index contributed by atoms with van der Waals surface area (Å²) >= 11 is 0. The Morgan fingerprint density at radius 2 is 1.38 bits per heavy atom. The van der Waals surface area contributed by atoms with E-state index in [0.29, 0.717) is 0 Å². The van der Waals surface area contributed by atoms with Gasteiger partial charge in [0.05, 0.1) is 6.42 Å². The molecule has 0 aliphatic heterocycles. The minimum absolute atomic E-state index is 0.0469. The van der Waals surface area contributed by atoms with Crippen molar-refractivity contribution >= 4 is 11.9 Å². The molecule has 0 fully saturated rings. The molecule has 0 aliphatic carbocycles. The fourth-order valence-electron chi connectivity index (χ4n) is 2.03. The van der Waals surface area contributed by atoms with E-state index in [2.05, 4.69) is 26.1 Å². The predicted molar refractivity (Wildman–Crippen MR) is 90.5 cm³/mol. The molecule has 0 heterocycles.